The van der Waals surface area contributed by atoms with Gasteiger partial charge in [-0.1, -0.05) is 36.1 Å². The van der Waals surface area contributed by atoms with E-state index in [4.69, 9.17) is 4.84 Å². The number of aromatic hydroxyl groups is 2. The van der Waals surface area contributed by atoms with Gasteiger partial charge in [0, 0.05) is 5.56 Å². The Balaban J connectivity index is 1.87. The third kappa shape index (κ3) is 4.43. The molecule has 0 aromatic heterocycles. The van der Waals surface area contributed by atoms with E-state index in [2.05, 4.69) is 17.3 Å². The van der Waals surface area contributed by atoms with Gasteiger partial charge in [-0.2, -0.15) is 5.48 Å². The second-order valence-corrected chi connectivity index (χ2v) is 4.77. The summed E-state index contributed by atoms with van der Waals surface area (Å²) in [6.07, 6.45) is 1.20. The number of carbonyl (C=O) groups excluding carboxylic acids is 2. The molecule has 0 unspecified atom stereocenters. The summed E-state index contributed by atoms with van der Waals surface area (Å²) in [6, 6.07) is 9.42. The van der Waals surface area contributed by atoms with E-state index < -0.39 is 0 Å². The van der Waals surface area contributed by atoms with Crippen LogP contribution in [0.3, 0.4) is 0 Å². The third-order valence-electron chi connectivity index (χ3n) is 3.17. The molecule has 24 heavy (non-hydrogen) atoms. The van der Waals surface area contributed by atoms with Crippen molar-refractivity contribution < 1.29 is 24.6 Å². The molecule has 122 valence electrons. The van der Waals surface area contributed by atoms with Crippen molar-refractivity contribution in [1.82, 2.24) is 5.48 Å². The van der Waals surface area contributed by atoms with E-state index in [9.17, 15) is 19.8 Å². The van der Waals surface area contributed by atoms with Gasteiger partial charge in [-0.15, -0.1) is 0 Å². The van der Waals surface area contributed by atoms with Crippen molar-refractivity contribution in [2.24, 2.45) is 0 Å². The highest BCUT2D eigenvalue weighted by Crippen LogP contribution is 2.25. The number of phenolic OH excluding ortho intramolecular Hbond substituents is 2. The Kier molecular flexibility index (Phi) is 6.08. The topological polar surface area (TPSA) is 95.9 Å². The van der Waals surface area contributed by atoms with E-state index >= 15 is 0 Å². The van der Waals surface area contributed by atoms with Gasteiger partial charge in [-0.05, 0) is 17.7 Å². The molecular weight excluding hydrogens is 310 g/mol. The average molecular weight is 325 g/mol. The van der Waals surface area contributed by atoms with Crippen LogP contribution in [0.5, 0.6) is 11.5 Å². The molecule has 2 rings (SSSR count). The van der Waals surface area contributed by atoms with Crippen LogP contribution in [-0.4, -0.2) is 29.3 Å². The lowest BCUT2D eigenvalue weighted by molar-refractivity contribution is 0.0360. The highest BCUT2D eigenvalue weighted by molar-refractivity contribution is 5.81. The predicted molar refractivity (Wildman–Crippen MR) is 86.7 cm³/mol. The number of aldehydes is 2. The highest BCUT2D eigenvalue weighted by Gasteiger charge is 2.06. The summed E-state index contributed by atoms with van der Waals surface area (Å²) in [7, 11) is 0. The average Bonchev–Trinajstić information content (AvgIpc) is 2.60. The van der Waals surface area contributed by atoms with Gasteiger partial charge in [-0.3, -0.25) is 14.4 Å². The Morgan fingerprint density at radius 1 is 1.04 bits per heavy atom. The molecule has 0 radical (unpaired) electrons. The molecule has 0 amide bonds. The Labute approximate surface area is 138 Å². The molecule has 0 saturated heterocycles. The second-order valence-electron chi connectivity index (χ2n) is 4.77. The molecular formula is C18H15NO5. The van der Waals surface area contributed by atoms with Gasteiger partial charge in [0.2, 0.25) is 0 Å². The lowest BCUT2D eigenvalue weighted by Crippen LogP contribution is -2.15. The molecule has 0 heterocycles. The SMILES string of the molecule is O=Cc1cc(O)c(C#CCNOCc2ccccc2C=O)cc1O. The largest absolute Gasteiger partial charge is 0.507 e. The van der Waals surface area contributed by atoms with Crippen LogP contribution in [-0.2, 0) is 11.4 Å². The molecule has 6 heteroatoms. The first-order chi connectivity index (χ1) is 11.7. The summed E-state index contributed by atoms with van der Waals surface area (Å²) < 4.78 is 0. The molecule has 2 aromatic carbocycles. The summed E-state index contributed by atoms with van der Waals surface area (Å²) in [5.41, 5.74) is 4.12. The minimum atomic E-state index is -0.248. The Morgan fingerprint density at radius 3 is 2.54 bits per heavy atom. The van der Waals surface area contributed by atoms with Gasteiger partial charge in [0.25, 0.3) is 0 Å². The maximum Gasteiger partial charge on any atom is 0.153 e. The normalized spacial score (nSPS) is 9.83. The van der Waals surface area contributed by atoms with Crippen LogP contribution >= 0.6 is 0 Å². The van der Waals surface area contributed by atoms with Crippen LogP contribution in [0.25, 0.3) is 0 Å². The first-order valence-electron chi connectivity index (χ1n) is 7.03. The molecule has 0 aliphatic carbocycles. The summed E-state index contributed by atoms with van der Waals surface area (Å²) >= 11 is 0. The standard InChI is InChI=1S/C18H15NO5/c20-10-14-4-1-2-5-15(14)12-24-19-7-3-6-13-8-18(23)16(11-21)9-17(13)22/h1-2,4-5,8-11,19,22-23H,7,12H2. The Morgan fingerprint density at radius 2 is 1.79 bits per heavy atom. The van der Waals surface area contributed by atoms with Gasteiger partial charge >= 0.3 is 0 Å². The predicted octanol–water partition coefficient (Wildman–Crippen LogP) is 1.80. The molecule has 0 spiro atoms. The molecule has 3 N–H and O–H groups in total. The zero-order valence-electron chi connectivity index (χ0n) is 12.7. The number of hydrogen-bond donors (Lipinski definition) is 3. The van der Waals surface area contributed by atoms with Gasteiger partial charge in [0.05, 0.1) is 24.3 Å². The number of rotatable bonds is 6. The summed E-state index contributed by atoms with van der Waals surface area (Å²) in [5, 5.41) is 19.3. The van der Waals surface area contributed by atoms with Crippen LogP contribution in [0.4, 0.5) is 0 Å². The van der Waals surface area contributed by atoms with Crippen molar-refractivity contribution in [2.75, 3.05) is 6.54 Å². The number of phenols is 2. The zero-order chi connectivity index (χ0) is 17.4. The molecule has 0 saturated carbocycles. The summed E-state index contributed by atoms with van der Waals surface area (Å²) in [4.78, 5) is 26.7. The van der Waals surface area contributed by atoms with Crippen molar-refractivity contribution in [1.29, 1.82) is 0 Å². The van der Waals surface area contributed by atoms with Crippen LogP contribution in [0.1, 0.15) is 31.8 Å². The maximum atomic E-state index is 10.9. The van der Waals surface area contributed by atoms with Crippen LogP contribution in [0.15, 0.2) is 36.4 Å². The van der Waals surface area contributed by atoms with Crippen LogP contribution < -0.4 is 5.48 Å². The molecule has 2 aromatic rings. The minimum absolute atomic E-state index is 0.00616. The fourth-order valence-electron chi connectivity index (χ4n) is 1.92. The van der Waals surface area contributed by atoms with Crippen LogP contribution in [0.2, 0.25) is 0 Å². The smallest absolute Gasteiger partial charge is 0.153 e. The molecule has 0 aliphatic rings. The van der Waals surface area contributed by atoms with E-state index in [1.807, 2.05) is 6.07 Å². The van der Waals surface area contributed by atoms with Gasteiger partial charge in [0.15, 0.2) is 6.29 Å². The van der Waals surface area contributed by atoms with Crippen LogP contribution in [0, 0.1) is 11.8 Å². The first-order valence-corrected chi connectivity index (χ1v) is 7.03. The van der Waals surface area contributed by atoms with Crippen molar-refractivity contribution in [3.05, 3.63) is 58.7 Å². The number of hydrogen-bond acceptors (Lipinski definition) is 6. The Bertz CT molecular complexity index is 805. The Hall–Kier alpha value is -3.14. The lowest BCUT2D eigenvalue weighted by atomic mass is 10.1. The fourth-order valence-corrected chi connectivity index (χ4v) is 1.92. The highest BCUT2D eigenvalue weighted by atomic mass is 16.6. The molecule has 6 nitrogen and oxygen atoms in total. The number of carbonyl (C=O) groups is 2. The van der Waals surface area contributed by atoms with E-state index in [1.54, 1.807) is 18.2 Å². The van der Waals surface area contributed by atoms with Crippen molar-refractivity contribution in [2.45, 2.75) is 6.61 Å². The molecule has 0 atom stereocenters. The van der Waals surface area contributed by atoms with Crippen molar-refractivity contribution in [3.8, 4) is 23.3 Å². The second kappa shape index (κ2) is 8.48. The summed E-state index contributed by atoms with van der Waals surface area (Å²) in [6.45, 7) is 0.371. The number of benzene rings is 2. The van der Waals surface area contributed by atoms with E-state index in [1.165, 1.54) is 6.07 Å². The van der Waals surface area contributed by atoms with E-state index in [0.29, 0.717) is 11.8 Å². The lowest BCUT2D eigenvalue weighted by Gasteiger charge is -2.05. The monoisotopic (exact) mass is 325 g/mol. The number of hydroxylamine groups is 1. The van der Waals surface area contributed by atoms with Gasteiger partial charge in [-0.25, -0.2) is 0 Å². The van der Waals surface area contributed by atoms with Crippen molar-refractivity contribution >= 4 is 12.6 Å². The van der Waals surface area contributed by atoms with E-state index in [0.717, 1.165) is 17.9 Å². The zero-order valence-corrected chi connectivity index (χ0v) is 12.7. The third-order valence-corrected chi connectivity index (χ3v) is 3.17. The molecule has 0 bridgehead atoms. The number of nitrogens with one attached hydrogen (secondary N) is 1. The quantitative estimate of drug-likeness (QED) is 0.246. The van der Waals surface area contributed by atoms with Gasteiger partial charge in [0.1, 0.15) is 17.8 Å². The first kappa shape index (κ1) is 17.2. The maximum absolute atomic E-state index is 10.9. The molecule has 0 fully saturated rings. The minimum Gasteiger partial charge on any atom is -0.507 e. The van der Waals surface area contributed by atoms with Gasteiger partial charge < -0.3 is 10.2 Å². The van der Waals surface area contributed by atoms with Crippen molar-refractivity contribution in [3.63, 3.8) is 0 Å². The van der Waals surface area contributed by atoms with E-state index in [-0.39, 0.29) is 35.8 Å². The molecule has 0 aliphatic heterocycles. The summed E-state index contributed by atoms with van der Waals surface area (Å²) in [5.74, 6) is 4.92. The fraction of sp³-hybridized carbons (Fsp3) is 0.111.